The smallest absolute Gasteiger partial charge is 0.277 e. The zero-order chi connectivity index (χ0) is 18.1. The molecular formula is C17H13Cl2N3O3. The van der Waals surface area contributed by atoms with Crippen LogP contribution in [0.15, 0.2) is 47.6 Å². The van der Waals surface area contributed by atoms with Gasteiger partial charge in [0, 0.05) is 5.02 Å². The highest BCUT2D eigenvalue weighted by Gasteiger charge is 2.05. The van der Waals surface area contributed by atoms with Gasteiger partial charge in [-0.3, -0.25) is 4.79 Å². The molecule has 0 saturated carbocycles. The molecule has 0 radical (unpaired) electrons. The third-order valence-corrected chi connectivity index (χ3v) is 3.37. The summed E-state index contributed by atoms with van der Waals surface area (Å²) in [6.45, 7) is -0.249. The van der Waals surface area contributed by atoms with Gasteiger partial charge in [0.1, 0.15) is 17.6 Å². The van der Waals surface area contributed by atoms with Crippen LogP contribution in [0, 0.1) is 11.3 Å². The topological polar surface area (TPSA) is 83.7 Å². The second-order valence-electron chi connectivity index (χ2n) is 4.67. The van der Waals surface area contributed by atoms with Crippen molar-refractivity contribution in [2.75, 3.05) is 13.2 Å². The molecule has 1 N–H and O–H groups in total. The van der Waals surface area contributed by atoms with Crippen LogP contribution in [0.4, 0.5) is 0 Å². The minimum Gasteiger partial charge on any atom is -0.482 e. The van der Waals surface area contributed by atoms with Crippen LogP contribution >= 0.6 is 23.2 Å². The quantitative estimate of drug-likeness (QED) is 0.591. The molecule has 2 aromatic rings. The van der Waals surface area contributed by atoms with E-state index in [9.17, 15) is 4.79 Å². The van der Waals surface area contributed by atoms with E-state index >= 15 is 0 Å². The van der Waals surface area contributed by atoms with Crippen molar-refractivity contribution in [1.29, 1.82) is 5.26 Å². The third kappa shape index (κ3) is 6.34. The van der Waals surface area contributed by atoms with Gasteiger partial charge in [0.25, 0.3) is 5.91 Å². The standard InChI is InChI=1S/C17H13Cl2N3O3/c18-13-3-6-16(15(19)9-13)25-11-17(23)22-21-10-12-1-4-14(5-2-12)24-8-7-20/h1-6,9-10H,8,11H2,(H,22,23)/b21-10-. The van der Waals surface area contributed by atoms with Gasteiger partial charge in [0.15, 0.2) is 13.2 Å². The van der Waals surface area contributed by atoms with E-state index in [0.717, 1.165) is 5.56 Å². The summed E-state index contributed by atoms with van der Waals surface area (Å²) in [5.74, 6) is 0.505. The molecule has 0 bridgehead atoms. The van der Waals surface area contributed by atoms with Gasteiger partial charge in [-0.2, -0.15) is 10.4 Å². The molecule has 6 nitrogen and oxygen atoms in total. The largest absolute Gasteiger partial charge is 0.482 e. The van der Waals surface area contributed by atoms with E-state index in [4.69, 9.17) is 37.9 Å². The molecule has 2 rings (SSSR count). The molecule has 2 aromatic carbocycles. The maximum absolute atomic E-state index is 11.7. The van der Waals surface area contributed by atoms with Gasteiger partial charge in [0.05, 0.1) is 11.2 Å². The molecule has 0 unspecified atom stereocenters. The highest BCUT2D eigenvalue weighted by Crippen LogP contribution is 2.27. The van der Waals surface area contributed by atoms with E-state index in [1.165, 1.54) is 12.3 Å². The third-order valence-electron chi connectivity index (χ3n) is 2.84. The number of benzene rings is 2. The Hall–Kier alpha value is -2.75. The number of nitrogens with zero attached hydrogens (tertiary/aromatic N) is 2. The summed E-state index contributed by atoms with van der Waals surface area (Å²) in [6.07, 6.45) is 1.47. The second kappa shape index (κ2) is 9.52. The molecule has 0 atom stereocenters. The van der Waals surface area contributed by atoms with Crippen LogP contribution in [-0.4, -0.2) is 25.3 Å². The van der Waals surface area contributed by atoms with Crippen LogP contribution in [0.5, 0.6) is 11.5 Å². The first-order chi connectivity index (χ1) is 12.1. The normalized spacial score (nSPS) is 10.3. The summed E-state index contributed by atoms with van der Waals surface area (Å²) in [4.78, 5) is 11.7. The second-order valence-corrected chi connectivity index (χ2v) is 5.52. The van der Waals surface area contributed by atoms with Crippen molar-refractivity contribution in [3.63, 3.8) is 0 Å². The summed E-state index contributed by atoms with van der Waals surface area (Å²) >= 11 is 11.7. The van der Waals surface area contributed by atoms with E-state index in [1.54, 1.807) is 36.4 Å². The number of ether oxygens (including phenoxy) is 2. The SMILES string of the molecule is N#CCOc1ccc(/C=N\NC(=O)COc2ccc(Cl)cc2Cl)cc1. The van der Waals surface area contributed by atoms with Crippen molar-refractivity contribution >= 4 is 35.3 Å². The molecule has 0 saturated heterocycles. The van der Waals surface area contributed by atoms with Crippen LogP contribution in [0.2, 0.25) is 10.0 Å². The van der Waals surface area contributed by atoms with Crippen molar-refractivity contribution in [3.05, 3.63) is 58.1 Å². The monoisotopic (exact) mass is 377 g/mol. The Morgan fingerprint density at radius 1 is 1.20 bits per heavy atom. The molecule has 0 aromatic heterocycles. The average molecular weight is 378 g/mol. The lowest BCUT2D eigenvalue weighted by Crippen LogP contribution is -2.24. The highest BCUT2D eigenvalue weighted by molar-refractivity contribution is 6.35. The molecular weight excluding hydrogens is 365 g/mol. The molecule has 0 aliphatic rings. The van der Waals surface area contributed by atoms with Crippen molar-refractivity contribution in [2.45, 2.75) is 0 Å². The van der Waals surface area contributed by atoms with Gasteiger partial charge in [-0.05, 0) is 48.0 Å². The summed E-state index contributed by atoms with van der Waals surface area (Å²) in [7, 11) is 0. The number of halogens is 2. The number of carbonyl (C=O) groups excluding carboxylic acids is 1. The van der Waals surface area contributed by atoms with Crippen LogP contribution in [0.3, 0.4) is 0 Å². The first-order valence-corrected chi connectivity index (χ1v) is 7.83. The van der Waals surface area contributed by atoms with Gasteiger partial charge in [-0.25, -0.2) is 5.43 Å². The Labute approximate surface area is 154 Å². The number of hydrazone groups is 1. The zero-order valence-corrected chi connectivity index (χ0v) is 14.4. The highest BCUT2D eigenvalue weighted by atomic mass is 35.5. The summed E-state index contributed by atoms with van der Waals surface area (Å²) in [5.41, 5.74) is 3.10. The first-order valence-electron chi connectivity index (χ1n) is 7.08. The molecule has 0 spiro atoms. The number of amides is 1. The lowest BCUT2D eigenvalue weighted by atomic mass is 10.2. The van der Waals surface area contributed by atoms with Gasteiger partial charge in [-0.15, -0.1) is 0 Å². The van der Waals surface area contributed by atoms with Crippen LogP contribution in [0.25, 0.3) is 0 Å². The predicted octanol–water partition coefficient (Wildman–Crippen LogP) is 3.42. The van der Waals surface area contributed by atoms with E-state index in [0.29, 0.717) is 21.5 Å². The van der Waals surface area contributed by atoms with Crippen molar-refractivity contribution in [1.82, 2.24) is 5.43 Å². The zero-order valence-electron chi connectivity index (χ0n) is 12.9. The van der Waals surface area contributed by atoms with E-state index < -0.39 is 5.91 Å². The van der Waals surface area contributed by atoms with Crippen molar-refractivity contribution < 1.29 is 14.3 Å². The Morgan fingerprint density at radius 3 is 2.64 bits per heavy atom. The van der Waals surface area contributed by atoms with E-state index in [-0.39, 0.29) is 13.2 Å². The summed E-state index contributed by atoms with van der Waals surface area (Å²) in [6, 6.07) is 13.5. The Balaban J connectivity index is 1.79. The van der Waals surface area contributed by atoms with Crippen molar-refractivity contribution in [3.8, 4) is 17.6 Å². The number of nitriles is 1. The molecule has 128 valence electrons. The minimum atomic E-state index is -0.434. The van der Waals surface area contributed by atoms with Crippen LogP contribution in [-0.2, 0) is 4.79 Å². The Bertz CT molecular complexity index is 802. The molecule has 0 fully saturated rings. The maximum Gasteiger partial charge on any atom is 0.277 e. The number of hydrogen-bond donors (Lipinski definition) is 1. The fraction of sp³-hybridized carbons (Fsp3) is 0.118. The maximum atomic E-state index is 11.7. The van der Waals surface area contributed by atoms with Gasteiger partial charge in [-0.1, -0.05) is 23.2 Å². The molecule has 0 aliphatic heterocycles. The van der Waals surface area contributed by atoms with Crippen LogP contribution < -0.4 is 14.9 Å². The molecule has 8 heteroatoms. The van der Waals surface area contributed by atoms with E-state index in [2.05, 4.69) is 10.5 Å². The van der Waals surface area contributed by atoms with Crippen molar-refractivity contribution in [2.24, 2.45) is 5.10 Å². The Morgan fingerprint density at radius 2 is 1.96 bits per heavy atom. The van der Waals surface area contributed by atoms with Gasteiger partial charge >= 0.3 is 0 Å². The Kier molecular flexibility index (Phi) is 7.08. The summed E-state index contributed by atoms with van der Waals surface area (Å²) < 4.78 is 10.4. The lowest BCUT2D eigenvalue weighted by Gasteiger charge is -2.07. The predicted molar refractivity (Wildman–Crippen MR) is 95.2 cm³/mol. The number of rotatable bonds is 7. The number of carbonyl (C=O) groups is 1. The minimum absolute atomic E-state index is 0.0128. The van der Waals surface area contributed by atoms with Gasteiger partial charge < -0.3 is 9.47 Å². The first kappa shape index (κ1) is 18.6. The van der Waals surface area contributed by atoms with Gasteiger partial charge in [0.2, 0.25) is 0 Å². The van der Waals surface area contributed by atoms with Crippen LogP contribution in [0.1, 0.15) is 5.56 Å². The molecule has 25 heavy (non-hydrogen) atoms. The molecule has 0 heterocycles. The molecule has 1 amide bonds. The fourth-order valence-electron chi connectivity index (χ4n) is 1.71. The molecule has 0 aliphatic carbocycles. The average Bonchev–Trinajstić information content (AvgIpc) is 2.60. The van der Waals surface area contributed by atoms with E-state index in [1.807, 2.05) is 6.07 Å². The number of hydrogen-bond acceptors (Lipinski definition) is 5. The summed E-state index contributed by atoms with van der Waals surface area (Å²) in [5, 5.41) is 13.1. The lowest BCUT2D eigenvalue weighted by molar-refractivity contribution is -0.123. The fourth-order valence-corrected chi connectivity index (χ4v) is 2.18. The number of nitrogens with one attached hydrogen (secondary N) is 1.